The summed E-state index contributed by atoms with van der Waals surface area (Å²) >= 11 is 12.2. The molecule has 1 aromatic heterocycles. The molecule has 0 amide bonds. The Kier molecular flexibility index (Phi) is 5.63. The monoisotopic (exact) mass is 385 g/mol. The molecule has 1 heterocycles. The standard InChI is InChI=1S/C17H21Cl2N3OS/c1-11(15-9-8-13(18)10-16(15)19)24(23)17-21-20-12(2)22(17)14-6-4-3-5-7-14/h8-11,14H,3-7H2,1-2H3/t11-,24+/m0/s1. The van der Waals surface area contributed by atoms with Gasteiger partial charge in [-0.15, -0.1) is 10.2 Å². The zero-order valence-electron chi connectivity index (χ0n) is 13.8. The number of rotatable bonds is 4. The van der Waals surface area contributed by atoms with E-state index in [2.05, 4.69) is 14.8 Å². The van der Waals surface area contributed by atoms with Crippen LogP contribution in [-0.2, 0) is 10.8 Å². The number of aryl methyl sites for hydroxylation is 1. The van der Waals surface area contributed by atoms with Crippen molar-refractivity contribution in [2.45, 2.75) is 62.4 Å². The molecule has 0 spiro atoms. The highest BCUT2D eigenvalue weighted by Gasteiger charge is 2.28. The van der Waals surface area contributed by atoms with Crippen LogP contribution in [0.1, 0.15) is 61.7 Å². The van der Waals surface area contributed by atoms with Gasteiger partial charge in [0, 0.05) is 16.1 Å². The first-order valence-corrected chi connectivity index (χ1v) is 10.2. The lowest BCUT2D eigenvalue weighted by Gasteiger charge is -2.25. The highest BCUT2D eigenvalue weighted by molar-refractivity contribution is 7.85. The number of benzene rings is 1. The summed E-state index contributed by atoms with van der Waals surface area (Å²) in [5.74, 6) is 0.833. The maximum Gasteiger partial charge on any atom is 0.222 e. The minimum atomic E-state index is -1.33. The Labute approximate surface area is 155 Å². The molecule has 7 heteroatoms. The molecule has 2 atom stereocenters. The van der Waals surface area contributed by atoms with Crippen molar-refractivity contribution >= 4 is 34.0 Å². The first-order valence-electron chi connectivity index (χ1n) is 8.26. The molecule has 3 rings (SSSR count). The van der Waals surface area contributed by atoms with E-state index in [1.807, 2.05) is 19.9 Å². The molecule has 0 aliphatic heterocycles. The summed E-state index contributed by atoms with van der Waals surface area (Å²) < 4.78 is 15.2. The van der Waals surface area contributed by atoms with E-state index in [1.54, 1.807) is 12.1 Å². The van der Waals surface area contributed by atoms with Crippen LogP contribution in [0.15, 0.2) is 23.4 Å². The van der Waals surface area contributed by atoms with Crippen LogP contribution in [0.25, 0.3) is 0 Å². The Hall–Kier alpha value is -0.910. The normalized spacial score (nSPS) is 18.5. The van der Waals surface area contributed by atoms with Gasteiger partial charge in [0.25, 0.3) is 0 Å². The molecule has 2 aromatic rings. The molecule has 1 aromatic carbocycles. The summed E-state index contributed by atoms with van der Waals surface area (Å²) in [7, 11) is -1.33. The fourth-order valence-electron chi connectivity index (χ4n) is 3.35. The molecular formula is C17H21Cl2N3OS. The molecule has 1 aliphatic rings. The minimum absolute atomic E-state index is 0.277. The van der Waals surface area contributed by atoms with Crippen LogP contribution in [0.3, 0.4) is 0 Å². The predicted molar refractivity (Wildman–Crippen MR) is 98.2 cm³/mol. The van der Waals surface area contributed by atoms with Gasteiger partial charge in [0.2, 0.25) is 5.16 Å². The number of hydrogen-bond donors (Lipinski definition) is 0. The average molecular weight is 386 g/mol. The van der Waals surface area contributed by atoms with Crippen molar-refractivity contribution in [1.82, 2.24) is 14.8 Å². The summed E-state index contributed by atoms with van der Waals surface area (Å²) in [6.45, 7) is 3.84. The van der Waals surface area contributed by atoms with E-state index >= 15 is 0 Å². The Balaban J connectivity index is 1.92. The van der Waals surface area contributed by atoms with E-state index in [-0.39, 0.29) is 5.25 Å². The summed E-state index contributed by atoms with van der Waals surface area (Å²) in [6, 6.07) is 5.64. The molecule has 4 nitrogen and oxygen atoms in total. The third kappa shape index (κ3) is 3.53. The number of halogens is 2. The van der Waals surface area contributed by atoms with Gasteiger partial charge in [-0.05, 0) is 44.4 Å². The molecule has 0 bridgehead atoms. The maximum absolute atomic E-state index is 13.2. The molecule has 1 fully saturated rings. The zero-order chi connectivity index (χ0) is 17.3. The lowest BCUT2D eigenvalue weighted by Crippen LogP contribution is -2.19. The van der Waals surface area contributed by atoms with Crippen LogP contribution in [0.5, 0.6) is 0 Å². The van der Waals surface area contributed by atoms with Gasteiger partial charge in [0.05, 0.1) is 16.0 Å². The van der Waals surface area contributed by atoms with Crippen molar-refractivity contribution in [2.75, 3.05) is 0 Å². The van der Waals surface area contributed by atoms with E-state index in [4.69, 9.17) is 23.2 Å². The second-order valence-electron chi connectivity index (χ2n) is 6.30. The van der Waals surface area contributed by atoms with Gasteiger partial charge < -0.3 is 4.57 Å². The van der Waals surface area contributed by atoms with Gasteiger partial charge in [0.15, 0.2) is 0 Å². The highest BCUT2D eigenvalue weighted by Crippen LogP contribution is 2.35. The van der Waals surface area contributed by atoms with Gasteiger partial charge in [-0.1, -0.05) is 48.5 Å². The molecule has 1 aliphatic carbocycles. The summed E-state index contributed by atoms with van der Waals surface area (Å²) in [4.78, 5) is 0. The van der Waals surface area contributed by atoms with Crippen molar-refractivity contribution in [1.29, 1.82) is 0 Å². The molecule has 0 unspecified atom stereocenters. The Morgan fingerprint density at radius 3 is 2.58 bits per heavy atom. The fourth-order valence-corrected chi connectivity index (χ4v) is 5.34. The molecule has 24 heavy (non-hydrogen) atoms. The smallest absolute Gasteiger partial charge is 0.222 e. The van der Waals surface area contributed by atoms with E-state index in [0.717, 1.165) is 24.2 Å². The maximum atomic E-state index is 13.2. The van der Waals surface area contributed by atoms with E-state index in [1.165, 1.54) is 19.3 Å². The fraction of sp³-hybridized carbons (Fsp3) is 0.529. The van der Waals surface area contributed by atoms with Crippen LogP contribution in [0.4, 0.5) is 0 Å². The van der Waals surface area contributed by atoms with Gasteiger partial charge in [-0.3, -0.25) is 4.21 Å². The lowest BCUT2D eigenvalue weighted by molar-refractivity contribution is 0.330. The predicted octanol–water partition coefficient (Wildman–Crippen LogP) is 5.27. The van der Waals surface area contributed by atoms with Crippen molar-refractivity contribution in [3.05, 3.63) is 39.6 Å². The van der Waals surface area contributed by atoms with Gasteiger partial charge >= 0.3 is 0 Å². The molecule has 1 saturated carbocycles. The van der Waals surface area contributed by atoms with Crippen molar-refractivity contribution in [3.8, 4) is 0 Å². The third-order valence-electron chi connectivity index (χ3n) is 4.68. The first-order chi connectivity index (χ1) is 11.5. The molecule has 0 saturated heterocycles. The molecular weight excluding hydrogens is 365 g/mol. The SMILES string of the molecule is Cc1nnc([S@](=O)[C@@H](C)c2ccc(Cl)cc2Cl)n1C1CCCCC1. The highest BCUT2D eigenvalue weighted by atomic mass is 35.5. The molecule has 0 N–H and O–H groups in total. The second kappa shape index (κ2) is 7.54. The van der Waals surface area contributed by atoms with Crippen molar-refractivity contribution in [3.63, 3.8) is 0 Å². The van der Waals surface area contributed by atoms with Crippen molar-refractivity contribution < 1.29 is 4.21 Å². The quantitative estimate of drug-likeness (QED) is 0.720. The van der Waals surface area contributed by atoms with Gasteiger partial charge in [-0.25, -0.2) is 0 Å². The zero-order valence-corrected chi connectivity index (χ0v) is 16.2. The van der Waals surface area contributed by atoms with Crippen LogP contribution >= 0.6 is 23.2 Å². The van der Waals surface area contributed by atoms with Crippen molar-refractivity contribution in [2.24, 2.45) is 0 Å². The summed E-state index contributed by atoms with van der Waals surface area (Å²) in [6.07, 6.45) is 5.87. The molecule has 130 valence electrons. The van der Waals surface area contributed by atoms with E-state index in [9.17, 15) is 4.21 Å². The second-order valence-corrected chi connectivity index (χ2v) is 8.81. The Morgan fingerprint density at radius 1 is 1.21 bits per heavy atom. The van der Waals surface area contributed by atoms with Crippen LogP contribution in [0.2, 0.25) is 10.0 Å². The largest absolute Gasteiger partial charge is 0.301 e. The molecule has 0 radical (unpaired) electrons. The Morgan fingerprint density at radius 2 is 1.92 bits per heavy atom. The third-order valence-corrected chi connectivity index (χ3v) is 6.77. The van der Waals surface area contributed by atoms with E-state index in [0.29, 0.717) is 21.2 Å². The van der Waals surface area contributed by atoms with Gasteiger partial charge in [0.1, 0.15) is 5.82 Å². The number of aromatic nitrogens is 3. The number of nitrogens with zero attached hydrogens (tertiary/aromatic N) is 3. The topological polar surface area (TPSA) is 47.8 Å². The minimum Gasteiger partial charge on any atom is -0.301 e. The van der Waals surface area contributed by atoms with Crippen LogP contribution in [0, 0.1) is 6.92 Å². The van der Waals surface area contributed by atoms with Crippen LogP contribution < -0.4 is 0 Å². The first kappa shape index (κ1) is 17.9. The number of hydrogen-bond acceptors (Lipinski definition) is 3. The summed E-state index contributed by atoms with van der Waals surface area (Å²) in [5.41, 5.74) is 0.815. The summed E-state index contributed by atoms with van der Waals surface area (Å²) in [5, 5.41) is 9.80. The average Bonchev–Trinajstić information content (AvgIpc) is 2.96. The van der Waals surface area contributed by atoms with E-state index < -0.39 is 10.8 Å². The van der Waals surface area contributed by atoms with Gasteiger partial charge in [-0.2, -0.15) is 0 Å². The lowest BCUT2D eigenvalue weighted by atomic mass is 9.95. The Bertz CT molecular complexity index is 756. The van der Waals surface area contributed by atoms with Crippen LogP contribution in [-0.4, -0.2) is 19.0 Å².